The molecule has 0 atom stereocenters. The summed E-state index contributed by atoms with van der Waals surface area (Å²) in [6.45, 7) is 0. The second-order valence-electron chi connectivity index (χ2n) is 3.62. The molecule has 3 rings (SSSR count). The Bertz CT molecular complexity index is 732. The molecule has 0 aromatic carbocycles. The van der Waals surface area contributed by atoms with Crippen LogP contribution in [0.1, 0.15) is 0 Å². The summed E-state index contributed by atoms with van der Waals surface area (Å²) in [6.07, 6.45) is 5.52. The van der Waals surface area contributed by atoms with Gasteiger partial charge in [0.1, 0.15) is 0 Å². The van der Waals surface area contributed by atoms with E-state index < -0.39 is 5.82 Å². The van der Waals surface area contributed by atoms with Crippen LogP contribution in [0.4, 0.5) is 4.39 Å². The lowest BCUT2D eigenvalue weighted by Gasteiger charge is -2.04. The van der Waals surface area contributed by atoms with Crippen LogP contribution in [-0.2, 0) is 0 Å². The van der Waals surface area contributed by atoms with E-state index >= 15 is 0 Å². The summed E-state index contributed by atoms with van der Waals surface area (Å²) in [5, 5.41) is 10.3. The molecule has 0 fully saturated rings. The van der Waals surface area contributed by atoms with Crippen molar-refractivity contribution in [1.29, 1.82) is 0 Å². The number of aromatic nitrogens is 4. The van der Waals surface area contributed by atoms with Crippen molar-refractivity contribution in [2.75, 3.05) is 0 Å². The lowest BCUT2D eigenvalue weighted by molar-refractivity contribution is 0.460. The molecule has 3 heterocycles. The van der Waals surface area contributed by atoms with E-state index in [0.29, 0.717) is 10.9 Å². The zero-order valence-electron chi connectivity index (χ0n) is 9.08. The molecule has 0 spiro atoms. The van der Waals surface area contributed by atoms with Gasteiger partial charge >= 0.3 is 0 Å². The van der Waals surface area contributed by atoms with Crippen LogP contribution in [0.3, 0.4) is 0 Å². The maximum Gasteiger partial charge on any atom is 0.222 e. The molecule has 0 saturated heterocycles. The Balaban J connectivity index is 2.28. The first-order valence-corrected chi connectivity index (χ1v) is 5.16. The van der Waals surface area contributed by atoms with Crippen LogP contribution >= 0.6 is 0 Å². The van der Waals surface area contributed by atoms with Gasteiger partial charge in [0, 0.05) is 12.4 Å². The molecule has 1 N–H and O–H groups in total. The van der Waals surface area contributed by atoms with Gasteiger partial charge in [0.25, 0.3) is 0 Å². The Kier molecular flexibility index (Phi) is 2.33. The van der Waals surface area contributed by atoms with Crippen LogP contribution in [0, 0.1) is 5.82 Å². The number of hydrogen-bond donors (Lipinski definition) is 1. The quantitative estimate of drug-likeness (QED) is 0.705. The topological polar surface area (TPSA) is 71.8 Å². The summed E-state index contributed by atoms with van der Waals surface area (Å²) in [6, 6.07) is 3.05. The van der Waals surface area contributed by atoms with Gasteiger partial charge in [-0.2, -0.15) is 4.98 Å². The molecule has 6 heteroatoms. The van der Waals surface area contributed by atoms with Gasteiger partial charge in [-0.05, 0) is 12.1 Å². The molecule has 88 valence electrons. The SMILES string of the molecule is Oc1nc(-c2ccncc2F)nc2cnccc12. The third kappa shape index (κ3) is 1.64. The standard InChI is InChI=1S/C12H7FN4O/c13-9-5-14-3-1-7(9)11-16-10-6-15-4-2-8(10)12(18)17-11/h1-6H,(H,16,17,18). The van der Waals surface area contributed by atoms with Gasteiger partial charge in [-0.3, -0.25) is 9.97 Å². The third-order valence-corrected chi connectivity index (χ3v) is 2.49. The van der Waals surface area contributed by atoms with Gasteiger partial charge in [-0.15, -0.1) is 0 Å². The molecule has 0 aliphatic heterocycles. The molecular weight excluding hydrogens is 235 g/mol. The van der Waals surface area contributed by atoms with E-state index in [2.05, 4.69) is 19.9 Å². The van der Waals surface area contributed by atoms with Crippen LogP contribution in [0.25, 0.3) is 22.3 Å². The number of halogens is 1. The predicted molar refractivity (Wildman–Crippen MR) is 62.2 cm³/mol. The Morgan fingerprint density at radius 3 is 2.61 bits per heavy atom. The zero-order chi connectivity index (χ0) is 12.5. The molecule has 0 bridgehead atoms. The highest BCUT2D eigenvalue weighted by molar-refractivity contribution is 5.83. The Hall–Kier alpha value is -2.63. The highest BCUT2D eigenvalue weighted by atomic mass is 19.1. The van der Waals surface area contributed by atoms with Crippen molar-refractivity contribution in [1.82, 2.24) is 19.9 Å². The largest absolute Gasteiger partial charge is 0.493 e. The lowest BCUT2D eigenvalue weighted by atomic mass is 10.2. The van der Waals surface area contributed by atoms with Crippen molar-refractivity contribution < 1.29 is 9.50 Å². The van der Waals surface area contributed by atoms with Gasteiger partial charge in [-0.25, -0.2) is 9.37 Å². The molecule has 0 amide bonds. The number of nitrogens with zero attached hydrogens (tertiary/aromatic N) is 4. The minimum Gasteiger partial charge on any atom is -0.493 e. The normalized spacial score (nSPS) is 10.7. The van der Waals surface area contributed by atoms with Crippen molar-refractivity contribution in [3.05, 3.63) is 42.7 Å². The van der Waals surface area contributed by atoms with Gasteiger partial charge < -0.3 is 5.11 Å². The molecule has 18 heavy (non-hydrogen) atoms. The fourth-order valence-electron chi connectivity index (χ4n) is 1.64. The third-order valence-electron chi connectivity index (χ3n) is 2.49. The van der Waals surface area contributed by atoms with Crippen molar-refractivity contribution in [3.8, 4) is 17.3 Å². The summed E-state index contributed by atoms with van der Waals surface area (Å²) in [5.41, 5.74) is 0.641. The van der Waals surface area contributed by atoms with E-state index in [9.17, 15) is 9.50 Å². The molecule has 3 aromatic rings. The van der Waals surface area contributed by atoms with Crippen LogP contribution in [-0.4, -0.2) is 25.0 Å². The zero-order valence-corrected chi connectivity index (χ0v) is 9.08. The number of rotatable bonds is 1. The smallest absolute Gasteiger partial charge is 0.222 e. The molecule has 0 aliphatic carbocycles. The second-order valence-corrected chi connectivity index (χ2v) is 3.62. The first kappa shape index (κ1) is 10.5. The molecular formula is C12H7FN4O. The number of pyridine rings is 2. The van der Waals surface area contributed by atoms with E-state index in [1.54, 1.807) is 6.07 Å². The van der Waals surface area contributed by atoms with Crippen molar-refractivity contribution in [2.45, 2.75) is 0 Å². The van der Waals surface area contributed by atoms with Crippen LogP contribution in [0.5, 0.6) is 5.88 Å². The Labute approximate surface area is 101 Å². The van der Waals surface area contributed by atoms with E-state index in [4.69, 9.17) is 0 Å². The molecule has 5 nitrogen and oxygen atoms in total. The van der Waals surface area contributed by atoms with Crippen molar-refractivity contribution in [2.24, 2.45) is 0 Å². The number of aromatic hydroxyl groups is 1. The average molecular weight is 242 g/mol. The Morgan fingerprint density at radius 1 is 1.00 bits per heavy atom. The van der Waals surface area contributed by atoms with Crippen LogP contribution < -0.4 is 0 Å². The fourth-order valence-corrected chi connectivity index (χ4v) is 1.64. The molecule has 3 aromatic heterocycles. The van der Waals surface area contributed by atoms with Crippen molar-refractivity contribution in [3.63, 3.8) is 0 Å². The minimum atomic E-state index is -0.542. The summed E-state index contributed by atoms with van der Waals surface area (Å²) >= 11 is 0. The lowest BCUT2D eigenvalue weighted by Crippen LogP contribution is -1.94. The maximum absolute atomic E-state index is 13.6. The van der Waals surface area contributed by atoms with E-state index in [0.717, 1.165) is 6.20 Å². The first-order chi connectivity index (χ1) is 8.75. The number of fused-ring (bicyclic) bond motifs is 1. The second kappa shape index (κ2) is 3.99. The molecule has 0 unspecified atom stereocenters. The summed E-state index contributed by atoms with van der Waals surface area (Å²) in [4.78, 5) is 15.6. The number of hydrogen-bond acceptors (Lipinski definition) is 5. The minimum absolute atomic E-state index is 0.105. The fraction of sp³-hybridized carbons (Fsp3) is 0. The Morgan fingerprint density at radius 2 is 1.78 bits per heavy atom. The first-order valence-electron chi connectivity index (χ1n) is 5.16. The summed E-state index contributed by atoms with van der Waals surface area (Å²) in [5.74, 6) is -0.637. The highest BCUT2D eigenvalue weighted by Gasteiger charge is 2.11. The summed E-state index contributed by atoms with van der Waals surface area (Å²) < 4.78 is 13.6. The van der Waals surface area contributed by atoms with Crippen LogP contribution in [0.2, 0.25) is 0 Å². The maximum atomic E-state index is 13.6. The monoisotopic (exact) mass is 242 g/mol. The van der Waals surface area contributed by atoms with Crippen molar-refractivity contribution >= 4 is 10.9 Å². The van der Waals surface area contributed by atoms with Gasteiger partial charge in [-0.1, -0.05) is 0 Å². The van der Waals surface area contributed by atoms with E-state index in [1.165, 1.54) is 24.7 Å². The van der Waals surface area contributed by atoms with Gasteiger partial charge in [0.05, 0.1) is 28.9 Å². The van der Waals surface area contributed by atoms with E-state index in [-0.39, 0.29) is 17.3 Å². The highest BCUT2D eigenvalue weighted by Crippen LogP contribution is 2.25. The van der Waals surface area contributed by atoms with Gasteiger partial charge in [0.15, 0.2) is 11.6 Å². The van der Waals surface area contributed by atoms with Gasteiger partial charge in [0.2, 0.25) is 5.88 Å². The molecule has 0 saturated carbocycles. The average Bonchev–Trinajstić information content (AvgIpc) is 2.39. The van der Waals surface area contributed by atoms with E-state index in [1.807, 2.05) is 0 Å². The predicted octanol–water partition coefficient (Wildman–Crippen LogP) is 1.93. The summed E-state index contributed by atoms with van der Waals surface area (Å²) in [7, 11) is 0. The molecule has 0 radical (unpaired) electrons. The van der Waals surface area contributed by atoms with Crippen LogP contribution in [0.15, 0.2) is 36.9 Å². The molecule has 0 aliphatic rings.